The van der Waals surface area contributed by atoms with Crippen LogP contribution in [0.2, 0.25) is 9.36 Å². The molecule has 1 aromatic carbocycles. The molecule has 3 rings (SSSR count). The molecule has 8 heteroatoms. The molecule has 1 fully saturated rings. The number of anilines is 1. The van der Waals surface area contributed by atoms with E-state index in [-0.39, 0.29) is 33.5 Å². The molecule has 0 aliphatic heterocycles. The summed E-state index contributed by atoms with van der Waals surface area (Å²) >= 11 is 13.0. The lowest BCUT2D eigenvalue weighted by Crippen LogP contribution is -2.45. The van der Waals surface area contributed by atoms with Gasteiger partial charge in [0.05, 0.1) is 0 Å². The van der Waals surface area contributed by atoms with Crippen molar-refractivity contribution >= 4 is 52.2 Å². The molecule has 1 aliphatic carbocycles. The average molecular weight is 426 g/mol. The zero-order valence-electron chi connectivity index (χ0n) is 15.0. The Balaban J connectivity index is 1.82. The van der Waals surface area contributed by atoms with Gasteiger partial charge in [0.2, 0.25) is 5.91 Å². The standard InChI is InChI=1S/C19H21Cl2N3O2S/c1-12-6-5-9-14(10-12)24(19(26)17-16(20)18(21)27-23-17)11-15(25)22-13-7-3-2-4-8-13/h5-6,9-10,13H,2-4,7-8,11H2,1H3,(H,22,25). The third-order valence-electron chi connectivity index (χ3n) is 4.63. The van der Waals surface area contributed by atoms with Crippen molar-refractivity contribution in [2.45, 2.75) is 45.1 Å². The van der Waals surface area contributed by atoms with Crippen molar-refractivity contribution in [3.8, 4) is 0 Å². The number of carbonyl (C=O) groups is 2. The first-order valence-corrected chi connectivity index (χ1v) is 10.5. The Kier molecular flexibility index (Phi) is 6.73. The van der Waals surface area contributed by atoms with Crippen LogP contribution in [-0.4, -0.2) is 28.8 Å². The van der Waals surface area contributed by atoms with Gasteiger partial charge in [0.15, 0.2) is 5.69 Å². The van der Waals surface area contributed by atoms with Crippen LogP contribution in [-0.2, 0) is 4.79 Å². The number of aryl methyl sites for hydroxylation is 1. The van der Waals surface area contributed by atoms with E-state index < -0.39 is 5.91 Å². The summed E-state index contributed by atoms with van der Waals surface area (Å²) in [5.41, 5.74) is 1.68. The lowest BCUT2D eigenvalue weighted by Gasteiger charge is -2.26. The summed E-state index contributed by atoms with van der Waals surface area (Å²) in [5.74, 6) is -0.623. The SMILES string of the molecule is Cc1cccc(N(CC(=O)NC2CCCCC2)C(=O)c2nsc(Cl)c2Cl)c1. The largest absolute Gasteiger partial charge is 0.352 e. The Labute approximate surface area is 172 Å². The zero-order chi connectivity index (χ0) is 19.4. The molecule has 0 saturated heterocycles. The summed E-state index contributed by atoms with van der Waals surface area (Å²) in [4.78, 5) is 27.1. The van der Waals surface area contributed by atoms with Gasteiger partial charge in [-0.3, -0.25) is 14.5 Å². The fraction of sp³-hybridized carbons (Fsp3) is 0.421. The van der Waals surface area contributed by atoms with Crippen molar-refractivity contribution in [2.75, 3.05) is 11.4 Å². The van der Waals surface area contributed by atoms with Crippen LogP contribution in [0.25, 0.3) is 0 Å². The lowest BCUT2D eigenvalue weighted by molar-refractivity contribution is -0.120. The van der Waals surface area contributed by atoms with Crippen molar-refractivity contribution in [2.24, 2.45) is 0 Å². The van der Waals surface area contributed by atoms with Crippen molar-refractivity contribution in [1.82, 2.24) is 9.69 Å². The molecule has 1 aliphatic rings. The Hall–Kier alpha value is -1.63. The Morgan fingerprint density at radius 1 is 1.26 bits per heavy atom. The number of benzene rings is 1. The number of nitrogens with zero attached hydrogens (tertiary/aromatic N) is 2. The van der Waals surface area contributed by atoms with Crippen molar-refractivity contribution in [1.29, 1.82) is 0 Å². The Morgan fingerprint density at radius 3 is 2.63 bits per heavy atom. The molecule has 1 heterocycles. The van der Waals surface area contributed by atoms with Gasteiger partial charge >= 0.3 is 0 Å². The minimum absolute atomic E-state index is 0.0682. The molecular weight excluding hydrogens is 405 g/mol. The van der Waals surface area contributed by atoms with E-state index in [1.165, 1.54) is 11.3 Å². The number of nitrogens with one attached hydrogen (secondary N) is 1. The first kappa shape index (κ1) is 20.1. The first-order chi connectivity index (χ1) is 13.0. The van der Waals surface area contributed by atoms with E-state index in [9.17, 15) is 9.59 Å². The molecule has 1 N–H and O–H groups in total. The van der Waals surface area contributed by atoms with Crippen molar-refractivity contribution < 1.29 is 9.59 Å². The smallest absolute Gasteiger partial charge is 0.280 e. The molecule has 1 saturated carbocycles. The van der Waals surface area contributed by atoms with E-state index in [0.29, 0.717) is 5.69 Å². The average Bonchev–Trinajstić information content (AvgIpc) is 2.99. The zero-order valence-corrected chi connectivity index (χ0v) is 17.3. The molecule has 0 bridgehead atoms. The van der Waals surface area contributed by atoms with Crippen LogP contribution >= 0.6 is 34.7 Å². The summed E-state index contributed by atoms with van der Waals surface area (Å²) in [7, 11) is 0. The van der Waals surface area contributed by atoms with Gasteiger partial charge in [0.25, 0.3) is 5.91 Å². The molecule has 0 spiro atoms. The van der Waals surface area contributed by atoms with Gasteiger partial charge in [-0.05, 0) is 49.0 Å². The van der Waals surface area contributed by atoms with Crippen LogP contribution in [0.5, 0.6) is 0 Å². The molecule has 1 aromatic heterocycles. The van der Waals surface area contributed by atoms with E-state index in [2.05, 4.69) is 9.69 Å². The normalized spacial score (nSPS) is 14.8. The second-order valence-electron chi connectivity index (χ2n) is 6.75. The molecule has 0 unspecified atom stereocenters. The summed E-state index contributed by atoms with van der Waals surface area (Å²) in [6.07, 6.45) is 5.43. The van der Waals surface area contributed by atoms with Gasteiger partial charge < -0.3 is 5.32 Å². The van der Waals surface area contributed by atoms with E-state index in [4.69, 9.17) is 23.2 Å². The molecule has 2 aromatic rings. The maximum atomic E-state index is 13.1. The highest BCUT2D eigenvalue weighted by Crippen LogP contribution is 2.31. The molecule has 5 nitrogen and oxygen atoms in total. The third kappa shape index (κ3) is 5.00. The number of rotatable bonds is 5. The van der Waals surface area contributed by atoms with Gasteiger partial charge in [-0.1, -0.05) is 54.6 Å². The number of halogens is 2. The van der Waals surface area contributed by atoms with Crippen LogP contribution in [0.4, 0.5) is 5.69 Å². The number of carbonyl (C=O) groups excluding carboxylic acids is 2. The molecule has 144 valence electrons. The molecule has 0 radical (unpaired) electrons. The van der Waals surface area contributed by atoms with E-state index in [1.54, 1.807) is 6.07 Å². The number of aromatic nitrogens is 1. The van der Waals surface area contributed by atoms with Crippen LogP contribution in [0.3, 0.4) is 0 Å². The highest BCUT2D eigenvalue weighted by molar-refractivity contribution is 7.11. The van der Waals surface area contributed by atoms with Gasteiger partial charge in [-0.2, -0.15) is 4.37 Å². The molecule has 2 amide bonds. The predicted molar refractivity (Wildman–Crippen MR) is 110 cm³/mol. The predicted octanol–water partition coefficient (Wildman–Crippen LogP) is 4.85. The van der Waals surface area contributed by atoms with Crippen molar-refractivity contribution in [3.05, 3.63) is 44.9 Å². The van der Waals surface area contributed by atoms with E-state index in [1.807, 2.05) is 25.1 Å². The summed E-state index contributed by atoms with van der Waals surface area (Å²) in [6.45, 7) is 1.84. The Morgan fingerprint density at radius 2 is 2.00 bits per heavy atom. The molecular formula is C19H21Cl2N3O2S. The summed E-state index contributed by atoms with van der Waals surface area (Å²) < 4.78 is 4.32. The number of hydrogen-bond acceptors (Lipinski definition) is 4. The van der Waals surface area contributed by atoms with E-state index in [0.717, 1.165) is 42.8 Å². The molecule has 27 heavy (non-hydrogen) atoms. The van der Waals surface area contributed by atoms with Gasteiger partial charge in [-0.15, -0.1) is 0 Å². The van der Waals surface area contributed by atoms with E-state index >= 15 is 0 Å². The second-order valence-corrected chi connectivity index (χ2v) is 8.51. The first-order valence-electron chi connectivity index (χ1n) is 8.94. The second kappa shape index (κ2) is 9.04. The summed E-state index contributed by atoms with van der Waals surface area (Å²) in [6, 6.07) is 7.60. The highest BCUT2D eigenvalue weighted by atomic mass is 35.5. The molecule has 0 atom stereocenters. The quantitative estimate of drug-likeness (QED) is 0.743. The fourth-order valence-corrected chi connectivity index (χ4v) is 4.25. The van der Waals surface area contributed by atoms with Gasteiger partial charge in [0, 0.05) is 11.7 Å². The lowest BCUT2D eigenvalue weighted by atomic mass is 9.95. The summed E-state index contributed by atoms with van der Waals surface area (Å²) in [5, 5.41) is 3.17. The topological polar surface area (TPSA) is 62.3 Å². The monoisotopic (exact) mass is 425 g/mol. The van der Waals surface area contributed by atoms with Crippen molar-refractivity contribution in [3.63, 3.8) is 0 Å². The fourth-order valence-electron chi connectivity index (χ4n) is 3.26. The number of amides is 2. The number of hydrogen-bond donors (Lipinski definition) is 1. The van der Waals surface area contributed by atoms with Crippen LogP contribution < -0.4 is 10.2 Å². The highest BCUT2D eigenvalue weighted by Gasteiger charge is 2.27. The van der Waals surface area contributed by atoms with Gasteiger partial charge in [-0.25, -0.2) is 0 Å². The van der Waals surface area contributed by atoms with Gasteiger partial charge in [0.1, 0.15) is 15.9 Å². The maximum Gasteiger partial charge on any atom is 0.280 e. The Bertz CT molecular complexity index is 834. The minimum Gasteiger partial charge on any atom is -0.352 e. The van der Waals surface area contributed by atoms with Crippen LogP contribution in [0, 0.1) is 6.92 Å². The minimum atomic E-state index is -0.437. The van der Waals surface area contributed by atoms with Crippen LogP contribution in [0.15, 0.2) is 24.3 Å². The maximum absolute atomic E-state index is 13.1. The van der Waals surface area contributed by atoms with Crippen LogP contribution in [0.1, 0.15) is 48.2 Å². The third-order valence-corrected chi connectivity index (χ3v) is 6.24.